The molecule has 0 saturated carbocycles. The molecule has 0 bridgehead atoms. The third-order valence-corrected chi connectivity index (χ3v) is 3.19. The van der Waals surface area contributed by atoms with Crippen LogP contribution in [0.15, 0.2) is 42.5 Å². The summed E-state index contributed by atoms with van der Waals surface area (Å²) < 4.78 is 26.5. The second kappa shape index (κ2) is 6.68. The van der Waals surface area contributed by atoms with Crippen LogP contribution in [0.2, 0.25) is 0 Å². The Balaban J connectivity index is 2.13. The molecule has 0 aliphatic heterocycles. The van der Waals surface area contributed by atoms with Gasteiger partial charge in [0.1, 0.15) is 11.6 Å². The Bertz CT molecular complexity index is 591. The van der Waals surface area contributed by atoms with Crippen molar-refractivity contribution in [2.75, 3.05) is 19.4 Å². The highest BCUT2D eigenvalue weighted by Crippen LogP contribution is 2.22. The quantitative estimate of drug-likeness (QED) is 0.888. The molecule has 21 heavy (non-hydrogen) atoms. The summed E-state index contributed by atoms with van der Waals surface area (Å²) in [7, 11) is 4.02. The standard InChI is InChI=1S/C17H20F2N2/c1-12(14-8-15(18)10-16(19)9-14)20-17-6-4-5-13(7-17)11-21(2)3/h4-10,12,20H,11H2,1-3H3. The van der Waals surface area contributed by atoms with Crippen LogP contribution in [0.5, 0.6) is 0 Å². The Morgan fingerprint density at radius 1 is 1.05 bits per heavy atom. The van der Waals surface area contributed by atoms with Crippen molar-refractivity contribution in [1.29, 1.82) is 0 Å². The van der Waals surface area contributed by atoms with Gasteiger partial charge in [-0.1, -0.05) is 12.1 Å². The number of rotatable bonds is 5. The molecule has 0 fully saturated rings. The molecule has 0 aliphatic carbocycles. The molecule has 0 amide bonds. The predicted molar refractivity (Wildman–Crippen MR) is 82.2 cm³/mol. The summed E-state index contributed by atoms with van der Waals surface area (Å²) in [5.41, 5.74) is 2.71. The van der Waals surface area contributed by atoms with Crippen LogP contribution >= 0.6 is 0 Å². The van der Waals surface area contributed by atoms with Crippen LogP contribution in [0, 0.1) is 11.6 Å². The summed E-state index contributed by atoms with van der Waals surface area (Å²) in [6.45, 7) is 2.73. The average Bonchev–Trinajstić information content (AvgIpc) is 2.37. The molecule has 2 rings (SSSR count). The van der Waals surface area contributed by atoms with E-state index in [1.807, 2.05) is 39.2 Å². The van der Waals surface area contributed by atoms with Crippen LogP contribution in [0.4, 0.5) is 14.5 Å². The van der Waals surface area contributed by atoms with Crippen molar-refractivity contribution >= 4 is 5.69 Å². The lowest BCUT2D eigenvalue weighted by Gasteiger charge is -2.17. The second-order valence-electron chi connectivity index (χ2n) is 5.51. The lowest BCUT2D eigenvalue weighted by molar-refractivity contribution is 0.402. The Kier molecular flexibility index (Phi) is 4.91. The molecule has 2 aromatic rings. The maximum Gasteiger partial charge on any atom is 0.126 e. The Labute approximate surface area is 124 Å². The molecular weight excluding hydrogens is 270 g/mol. The van der Waals surface area contributed by atoms with Crippen LogP contribution in [0.25, 0.3) is 0 Å². The molecule has 0 saturated heterocycles. The van der Waals surface area contributed by atoms with Crippen molar-refractivity contribution in [3.63, 3.8) is 0 Å². The number of halogens is 2. The average molecular weight is 290 g/mol. The Hall–Kier alpha value is -1.94. The number of benzene rings is 2. The third-order valence-electron chi connectivity index (χ3n) is 3.19. The van der Waals surface area contributed by atoms with Crippen LogP contribution in [-0.4, -0.2) is 19.0 Å². The van der Waals surface area contributed by atoms with E-state index in [2.05, 4.69) is 16.3 Å². The molecule has 0 spiro atoms. The highest BCUT2D eigenvalue weighted by Gasteiger charge is 2.09. The summed E-state index contributed by atoms with van der Waals surface area (Å²) >= 11 is 0. The van der Waals surface area contributed by atoms with Gasteiger partial charge >= 0.3 is 0 Å². The number of anilines is 1. The lowest BCUT2D eigenvalue weighted by Crippen LogP contribution is -2.11. The van der Waals surface area contributed by atoms with Gasteiger partial charge in [-0.2, -0.15) is 0 Å². The maximum atomic E-state index is 13.3. The van der Waals surface area contributed by atoms with E-state index >= 15 is 0 Å². The molecule has 4 heteroatoms. The van der Waals surface area contributed by atoms with Gasteiger partial charge in [-0.3, -0.25) is 0 Å². The van der Waals surface area contributed by atoms with Gasteiger partial charge in [-0.25, -0.2) is 8.78 Å². The first kappa shape index (κ1) is 15.4. The maximum absolute atomic E-state index is 13.3. The highest BCUT2D eigenvalue weighted by molar-refractivity contribution is 5.47. The minimum absolute atomic E-state index is 0.176. The molecule has 0 heterocycles. The van der Waals surface area contributed by atoms with Crippen molar-refractivity contribution in [2.45, 2.75) is 19.5 Å². The molecule has 112 valence electrons. The first-order valence-electron chi connectivity index (χ1n) is 6.90. The SMILES string of the molecule is CC(Nc1cccc(CN(C)C)c1)c1cc(F)cc(F)c1. The molecule has 2 nitrogen and oxygen atoms in total. The van der Waals surface area contributed by atoms with Crippen molar-refractivity contribution in [3.05, 3.63) is 65.2 Å². The smallest absolute Gasteiger partial charge is 0.126 e. The van der Waals surface area contributed by atoms with Gasteiger partial charge in [0.2, 0.25) is 0 Å². The van der Waals surface area contributed by atoms with Crippen molar-refractivity contribution in [2.24, 2.45) is 0 Å². The number of nitrogens with one attached hydrogen (secondary N) is 1. The minimum atomic E-state index is -0.556. The van der Waals surface area contributed by atoms with Gasteiger partial charge in [-0.05, 0) is 56.4 Å². The fourth-order valence-electron chi connectivity index (χ4n) is 2.28. The predicted octanol–water partition coefficient (Wildman–Crippen LogP) is 4.20. The number of hydrogen-bond donors (Lipinski definition) is 1. The Morgan fingerprint density at radius 2 is 1.71 bits per heavy atom. The normalized spacial score (nSPS) is 12.5. The molecule has 1 atom stereocenters. The summed E-state index contributed by atoms with van der Waals surface area (Å²) in [5, 5.41) is 3.27. The van der Waals surface area contributed by atoms with E-state index in [4.69, 9.17) is 0 Å². The summed E-state index contributed by atoms with van der Waals surface area (Å²) in [4.78, 5) is 2.09. The van der Waals surface area contributed by atoms with E-state index in [1.165, 1.54) is 17.7 Å². The van der Waals surface area contributed by atoms with Gasteiger partial charge in [-0.15, -0.1) is 0 Å². The molecule has 1 N–H and O–H groups in total. The fraction of sp³-hybridized carbons (Fsp3) is 0.294. The van der Waals surface area contributed by atoms with E-state index in [0.29, 0.717) is 5.56 Å². The van der Waals surface area contributed by atoms with Crippen molar-refractivity contribution in [3.8, 4) is 0 Å². The van der Waals surface area contributed by atoms with Crippen LogP contribution in [-0.2, 0) is 6.54 Å². The van der Waals surface area contributed by atoms with E-state index in [1.54, 1.807) is 0 Å². The van der Waals surface area contributed by atoms with Gasteiger partial charge in [0.15, 0.2) is 0 Å². The number of hydrogen-bond acceptors (Lipinski definition) is 2. The van der Waals surface area contributed by atoms with Gasteiger partial charge in [0, 0.05) is 24.3 Å². The first-order valence-corrected chi connectivity index (χ1v) is 6.90. The van der Waals surface area contributed by atoms with E-state index < -0.39 is 11.6 Å². The summed E-state index contributed by atoms with van der Waals surface area (Å²) in [6.07, 6.45) is 0. The zero-order chi connectivity index (χ0) is 15.4. The van der Waals surface area contributed by atoms with Crippen molar-refractivity contribution in [1.82, 2.24) is 4.90 Å². The lowest BCUT2D eigenvalue weighted by atomic mass is 10.1. The summed E-state index contributed by atoms with van der Waals surface area (Å²) in [6, 6.07) is 11.4. The molecule has 2 aromatic carbocycles. The first-order chi connectivity index (χ1) is 9.94. The second-order valence-corrected chi connectivity index (χ2v) is 5.51. The Morgan fingerprint density at radius 3 is 2.33 bits per heavy atom. The third kappa shape index (κ3) is 4.53. The zero-order valence-electron chi connectivity index (χ0n) is 12.5. The molecule has 1 unspecified atom stereocenters. The largest absolute Gasteiger partial charge is 0.379 e. The molecular formula is C17H20F2N2. The number of nitrogens with zero attached hydrogens (tertiary/aromatic N) is 1. The molecule has 0 radical (unpaired) electrons. The van der Waals surface area contributed by atoms with E-state index in [-0.39, 0.29) is 6.04 Å². The molecule has 0 aliphatic rings. The summed E-state index contributed by atoms with van der Waals surface area (Å²) in [5.74, 6) is -1.11. The van der Waals surface area contributed by atoms with Gasteiger partial charge in [0.25, 0.3) is 0 Å². The van der Waals surface area contributed by atoms with Crippen LogP contribution in [0.3, 0.4) is 0 Å². The van der Waals surface area contributed by atoms with E-state index in [0.717, 1.165) is 18.3 Å². The van der Waals surface area contributed by atoms with Gasteiger partial charge < -0.3 is 10.2 Å². The topological polar surface area (TPSA) is 15.3 Å². The van der Waals surface area contributed by atoms with Crippen molar-refractivity contribution < 1.29 is 8.78 Å². The van der Waals surface area contributed by atoms with E-state index in [9.17, 15) is 8.78 Å². The van der Waals surface area contributed by atoms with Crippen LogP contribution < -0.4 is 5.32 Å². The van der Waals surface area contributed by atoms with Gasteiger partial charge in [0.05, 0.1) is 0 Å². The minimum Gasteiger partial charge on any atom is -0.379 e. The van der Waals surface area contributed by atoms with Crippen LogP contribution in [0.1, 0.15) is 24.1 Å². The molecule has 0 aromatic heterocycles. The zero-order valence-corrected chi connectivity index (χ0v) is 12.5. The fourth-order valence-corrected chi connectivity index (χ4v) is 2.28. The highest BCUT2D eigenvalue weighted by atomic mass is 19.1. The monoisotopic (exact) mass is 290 g/mol.